The molecule has 18 heavy (non-hydrogen) atoms. The highest BCUT2D eigenvalue weighted by atomic mass is 19.1. The highest BCUT2D eigenvalue weighted by Crippen LogP contribution is 2.40. The van der Waals surface area contributed by atoms with Crippen LogP contribution in [0.1, 0.15) is 31.4 Å². The molecule has 1 saturated carbocycles. The van der Waals surface area contributed by atoms with Crippen LogP contribution < -0.4 is 10.6 Å². The van der Waals surface area contributed by atoms with Gasteiger partial charge in [0.25, 0.3) is 0 Å². The first-order chi connectivity index (χ1) is 8.66. The first-order valence-corrected chi connectivity index (χ1v) is 6.40. The van der Waals surface area contributed by atoms with Gasteiger partial charge in [0.05, 0.1) is 0 Å². The molecule has 98 valence electrons. The summed E-state index contributed by atoms with van der Waals surface area (Å²) in [5.41, 5.74) is 1.13. The van der Waals surface area contributed by atoms with Crippen LogP contribution in [0.25, 0.3) is 0 Å². The van der Waals surface area contributed by atoms with Crippen LogP contribution in [-0.2, 0) is 4.79 Å². The molecule has 1 aromatic carbocycles. The molecule has 0 bridgehead atoms. The van der Waals surface area contributed by atoms with Gasteiger partial charge < -0.3 is 10.6 Å². The largest absolute Gasteiger partial charge is 0.355 e. The van der Waals surface area contributed by atoms with Crippen LogP contribution in [0.5, 0.6) is 0 Å². The van der Waals surface area contributed by atoms with Crippen molar-refractivity contribution in [3.8, 4) is 0 Å². The molecule has 2 rings (SSSR count). The van der Waals surface area contributed by atoms with Gasteiger partial charge in [0.15, 0.2) is 0 Å². The highest BCUT2D eigenvalue weighted by molar-refractivity contribution is 5.72. The van der Waals surface area contributed by atoms with E-state index in [4.69, 9.17) is 0 Å². The average molecular weight is 250 g/mol. The van der Waals surface area contributed by atoms with E-state index in [1.165, 1.54) is 31.9 Å². The Balaban J connectivity index is 1.88. The molecule has 0 saturated heterocycles. The van der Waals surface area contributed by atoms with Crippen LogP contribution in [0, 0.1) is 11.7 Å². The molecule has 0 radical (unpaired) electrons. The van der Waals surface area contributed by atoms with Crippen molar-refractivity contribution < 1.29 is 9.18 Å². The maximum absolute atomic E-state index is 12.9. The molecule has 1 unspecified atom stereocenters. The third kappa shape index (κ3) is 3.81. The topological polar surface area (TPSA) is 41.1 Å². The van der Waals surface area contributed by atoms with E-state index in [1.54, 1.807) is 0 Å². The summed E-state index contributed by atoms with van der Waals surface area (Å²) in [6, 6.07) is 6.95. The van der Waals surface area contributed by atoms with Gasteiger partial charge in [-0.2, -0.15) is 0 Å². The molecule has 0 aliphatic heterocycles. The van der Waals surface area contributed by atoms with Crippen LogP contribution >= 0.6 is 0 Å². The van der Waals surface area contributed by atoms with Crippen molar-refractivity contribution >= 4 is 5.91 Å². The molecule has 1 aliphatic rings. The smallest absolute Gasteiger partial charge is 0.216 e. The Bertz CT molecular complexity index is 401. The predicted octanol–water partition coefficient (Wildman–Crippen LogP) is 2.00. The average Bonchev–Trinajstić information content (AvgIpc) is 3.15. The van der Waals surface area contributed by atoms with E-state index < -0.39 is 0 Å². The number of carbonyl (C=O) groups excluding carboxylic acids is 1. The molecule has 1 atom stereocenters. The zero-order valence-corrected chi connectivity index (χ0v) is 10.6. The molecule has 1 aliphatic carbocycles. The maximum Gasteiger partial charge on any atom is 0.216 e. The Morgan fingerprint density at radius 3 is 2.56 bits per heavy atom. The lowest BCUT2D eigenvalue weighted by atomic mass is 10.0. The summed E-state index contributed by atoms with van der Waals surface area (Å²) < 4.78 is 12.9. The molecular weight excluding hydrogens is 231 g/mol. The summed E-state index contributed by atoms with van der Waals surface area (Å²) in [5.74, 6) is 0.431. The third-order valence-corrected chi connectivity index (χ3v) is 3.19. The normalized spacial score (nSPS) is 16.3. The lowest BCUT2D eigenvalue weighted by Crippen LogP contribution is -2.33. The first kappa shape index (κ1) is 13.0. The van der Waals surface area contributed by atoms with Crippen LogP contribution in [0.15, 0.2) is 24.3 Å². The number of hydrogen-bond donors (Lipinski definition) is 2. The molecule has 0 heterocycles. The van der Waals surface area contributed by atoms with Crippen molar-refractivity contribution in [2.24, 2.45) is 5.92 Å². The number of halogens is 1. The summed E-state index contributed by atoms with van der Waals surface area (Å²) in [5, 5.41) is 6.19. The number of hydrogen-bond acceptors (Lipinski definition) is 2. The fraction of sp³-hybridized carbons (Fsp3) is 0.500. The lowest BCUT2D eigenvalue weighted by Gasteiger charge is -2.19. The Morgan fingerprint density at radius 2 is 2.00 bits per heavy atom. The summed E-state index contributed by atoms with van der Waals surface area (Å²) >= 11 is 0. The standard InChI is InChI=1S/C14H19FN2O/c1-10(18)16-8-9-17-14(11-2-3-11)12-4-6-13(15)7-5-12/h4-7,11,14,17H,2-3,8-9H2,1H3,(H,16,18). The second-order valence-corrected chi connectivity index (χ2v) is 4.80. The quantitative estimate of drug-likeness (QED) is 0.758. The van der Waals surface area contributed by atoms with E-state index in [9.17, 15) is 9.18 Å². The second-order valence-electron chi connectivity index (χ2n) is 4.80. The van der Waals surface area contributed by atoms with Crippen LogP contribution in [0.4, 0.5) is 4.39 Å². The monoisotopic (exact) mass is 250 g/mol. The maximum atomic E-state index is 12.9. The van der Waals surface area contributed by atoms with Gasteiger partial charge in [-0.25, -0.2) is 4.39 Å². The van der Waals surface area contributed by atoms with E-state index in [1.807, 2.05) is 12.1 Å². The zero-order chi connectivity index (χ0) is 13.0. The van der Waals surface area contributed by atoms with Crippen molar-refractivity contribution in [1.29, 1.82) is 0 Å². The fourth-order valence-corrected chi connectivity index (χ4v) is 2.12. The zero-order valence-electron chi connectivity index (χ0n) is 10.6. The van der Waals surface area contributed by atoms with E-state index in [2.05, 4.69) is 10.6 Å². The van der Waals surface area contributed by atoms with Gasteiger partial charge in [-0.05, 0) is 36.5 Å². The number of amides is 1. The molecule has 1 aromatic rings. The molecular formula is C14H19FN2O. The van der Waals surface area contributed by atoms with Crippen LogP contribution in [-0.4, -0.2) is 19.0 Å². The summed E-state index contributed by atoms with van der Waals surface area (Å²) in [7, 11) is 0. The van der Waals surface area contributed by atoms with E-state index in [-0.39, 0.29) is 17.8 Å². The Morgan fingerprint density at radius 1 is 1.33 bits per heavy atom. The lowest BCUT2D eigenvalue weighted by molar-refractivity contribution is -0.118. The minimum Gasteiger partial charge on any atom is -0.355 e. The summed E-state index contributed by atoms with van der Waals surface area (Å²) in [6.45, 7) is 2.87. The van der Waals surface area contributed by atoms with Gasteiger partial charge in [-0.1, -0.05) is 12.1 Å². The Kier molecular flexibility index (Phi) is 4.31. The van der Waals surface area contributed by atoms with Gasteiger partial charge in [0.2, 0.25) is 5.91 Å². The Labute approximate surface area is 107 Å². The third-order valence-electron chi connectivity index (χ3n) is 3.19. The van der Waals surface area contributed by atoms with Gasteiger partial charge in [0, 0.05) is 26.1 Å². The van der Waals surface area contributed by atoms with Crippen molar-refractivity contribution in [3.05, 3.63) is 35.6 Å². The van der Waals surface area contributed by atoms with E-state index in [0.717, 1.165) is 12.1 Å². The van der Waals surface area contributed by atoms with E-state index in [0.29, 0.717) is 12.5 Å². The predicted molar refractivity (Wildman–Crippen MR) is 68.6 cm³/mol. The van der Waals surface area contributed by atoms with Crippen molar-refractivity contribution in [1.82, 2.24) is 10.6 Å². The van der Waals surface area contributed by atoms with Crippen molar-refractivity contribution in [3.63, 3.8) is 0 Å². The van der Waals surface area contributed by atoms with Crippen molar-refractivity contribution in [2.75, 3.05) is 13.1 Å². The number of carbonyl (C=O) groups is 1. The van der Waals surface area contributed by atoms with Crippen LogP contribution in [0.3, 0.4) is 0 Å². The number of rotatable bonds is 6. The number of benzene rings is 1. The van der Waals surface area contributed by atoms with Gasteiger partial charge in [-0.3, -0.25) is 4.79 Å². The number of nitrogens with one attached hydrogen (secondary N) is 2. The van der Waals surface area contributed by atoms with Gasteiger partial charge >= 0.3 is 0 Å². The van der Waals surface area contributed by atoms with E-state index >= 15 is 0 Å². The molecule has 4 heteroatoms. The molecule has 0 aromatic heterocycles. The first-order valence-electron chi connectivity index (χ1n) is 6.40. The minimum atomic E-state index is -0.202. The molecule has 3 nitrogen and oxygen atoms in total. The molecule has 2 N–H and O–H groups in total. The molecule has 1 amide bonds. The second kappa shape index (κ2) is 5.96. The SMILES string of the molecule is CC(=O)NCCNC(c1ccc(F)cc1)C1CC1. The van der Waals surface area contributed by atoms with Gasteiger partial charge in [0.1, 0.15) is 5.82 Å². The summed E-state index contributed by atoms with van der Waals surface area (Å²) in [4.78, 5) is 10.8. The fourth-order valence-electron chi connectivity index (χ4n) is 2.12. The summed E-state index contributed by atoms with van der Waals surface area (Å²) in [6.07, 6.45) is 2.43. The van der Waals surface area contributed by atoms with Gasteiger partial charge in [-0.15, -0.1) is 0 Å². The molecule has 1 fully saturated rings. The van der Waals surface area contributed by atoms with Crippen molar-refractivity contribution in [2.45, 2.75) is 25.8 Å². The minimum absolute atomic E-state index is 0.0124. The molecule has 0 spiro atoms. The highest BCUT2D eigenvalue weighted by Gasteiger charge is 2.31. The van der Waals surface area contributed by atoms with Crippen LogP contribution in [0.2, 0.25) is 0 Å². The Hall–Kier alpha value is -1.42.